The number of benzene rings is 2. The average Bonchev–Trinajstić information content (AvgIpc) is 2.74. The van der Waals surface area contributed by atoms with Gasteiger partial charge in [-0.1, -0.05) is 37.3 Å². The number of anilines is 1. The second-order valence-corrected chi connectivity index (χ2v) is 6.82. The Balaban J connectivity index is 1.80. The molecule has 1 fully saturated rings. The summed E-state index contributed by atoms with van der Waals surface area (Å²) in [6.45, 7) is 2.62. The number of carbonyl (C=O) groups excluding carboxylic acids is 2. The van der Waals surface area contributed by atoms with Crippen molar-refractivity contribution < 1.29 is 19.4 Å². The lowest BCUT2D eigenvalue weighted by Gasteiger charge is -2.41. The summed E-state index contributed by atoms with van der Waals surface area (Å²) in [4.78, 5) is 26.7. The minimum atomic E-state index is -0.465. The molecule has 1 saturated heterocycles. The van der Waals surface area contributed by atoms with E-state index in [1.54, 1.807) is 29.2 Å². The second kappa shape index (κ2) is 9.48. The first kappa shape index (κ1) is 20.0. The molecule has 3 rings (SSSR count). The zero-order valence-corrected chi connectivity index (χ0v) is 16.0. The summed E-state index contributed by atoms with van der Waals surface area (Å²) in [6, 6.07) is 16.2. The Morgan fingerprint density at radius 2 is 1.86 bits per heavy atom. The molecule has 0 unspecified atom stereocenters. The zero-order chi connectivity index (χ0) is 19.9. The number of carbonyl (C=O) groups is 2. The van der Waals surface area contributed by atoms with Crippen LogP contribution >= 0.6 is 0 Å². The minimum Gasteiger partial charge on any atom is -0.394 e. The lowest BCUT2D eigenvalue weighted by atomic mass is 9.97. The van der Waals surface area contributed by atoms with Gasteiger partial charge in [0.25, 0.3) is 5.91 Å². The maximum atomic E-state index is 13.2. The molecule has 0 aromatic heterocycles. The van der Waals surface area contributed by atoms with Gasteiger partial charge in [-0.15, -0.1) is 0 Å². The molecule has 0 saturated carbocycles. The molecule has 6 nitrogen and oxygen atoms in total. The normalized spacial score (nSPS) is 19.3. The highest BCUT2D eigenvalue weighted by Crippen LogP contribution is 2.31. The number of nitrogens with one attached hydrogen (secondary N) is 1. The topological polar surface area (TPSA) is 78.9 Å². The lowest BCUT2D eigenvalue weighted by molar-refractivity contribution is -0.116. The number of amides is 2. The first-order valence-corrected chi connectivity index (χ1v) is 9.62. The summed E-state index contributed by atoms with van der Waals surface area (Å²) >= 11 is 0. The third-order valence-corrected chi connectivity index (χ3v) is 4.83. The standard InChI is InChI=1S/C22H26N2O4/c1-2-6-20(26)23-18-11-9-17(10-12-18)22(27)24-13-14-28-19(15-25)21(24)16-7-4-3-5-8-16/h3-5,7-12,19,21,25H,2,6,13-15H2,1H3,(H,23,26)/t19-,21-/m1/s1. The molecule has 0 aliphatic carbocycles. The molecule has 148 valence electrons. The monoisotopic (exact) mass is 382 g/mol. The van der Waals surface area contributed by atoms with Crippen molar-refractivity contribution in [3.8, 4) is 0 Å². The first-order valence-electron chi connectivity index (χ1n) is 9.62. The molecule has 2 atom stereocenters. The molecule has 0 radical (unpaired) electrons. The second-order valence-electron chi connectivity index (χ2n) is 6.82. The smallest absolute Gasteiger partial charge is 0.254 e. The van der Waals surface area contributed by atoms with E-state index >= 15 is 0 Å². The van der Waals surface area contributed by atoms with Gasteiger partial charge in [-0.25, -0.2) is 0 Å². The zero-order valence-electron chi connectivity index (χ0n) is 16.0. The summed E-state index contributed by atoms with van der Waals surface area (Å²) in [6.07, 6.45) is 0.787. The van der Waals surface area contributed by atoms with Crippen LogP contribution in [0.3, 0.4) is 0 Å². The SMILES string of the molecule is CCCC(=O)Nc1ccc(C(=O)N2CCO[C@H](CO)[C@H]2c2ccccc2)cc1. The van der Waals surface area contributed by atoms with Gasteiger partial charge >= 0.3 is 0 Å². The Kier molecular flexibility index (Phi) is 6.79. The lowest BCUT2D eigenvalue weighted by Crippen LogP contribution is -2.49. The molecule has 0 bridgehead atoms. The molecule has 2 aromatic rings. The van der Waals surface area contributed by atoms with E-state index in [-0.39, 0.29) is 24.5 Å². The van der Waals surface area contributed by atoms with E-state index in [4.69, 9.17) is 4.74 Å². The highest BCUT2D eigenvalue weighted by Gasteiger charge is 2.36. The fraction of sp³-hybridized carbons (Fsp3) is 0.364. The number of hydrogen-bond donors (Lipinski definition) is 2. The fourth-order valence-electron chi connectivity index (χ4n) is 3.47. The highest BCUT2D eigenvalue weighted by molar-refractivity contribution is 5.96. The van der Waals surface area contributed by atoms with Gasteiger partial charge in [0.05, 0.1) is 19.3 Å². The van der Waals surface area contributed by atoms with Crippen molar-refractivity contribution in [3.05, 3.63) is 65.7 Å². The first-order chi connectivity index (χ1) is 13.6. The van der Waals surface area contributed by atoms with Crippen molar-refractivity contribution in [3.63, 3.8) is 0 Å². The Morgan fingerprint density at radius 3 is 2.50 bits per heavy atom. The molecule has 1 aliphatic rings. The van der Waals surface area contributed by atoms with Crippen LogP contribution in [0.2, 0.25) is 0 Å². The van der Waals surface area contributed by atoms with Gasteiger partial charge < -0.3 is 20.1 Å². The molecular formula is C22H26N2O4. The number of morpholine rings is 1. The van der Waals surface area contributed by atoms with Crippen LogP contribution in [0.5, 0.6) is 0 Å². The van der Waals surface area contributed by atoms with E-state index in [1.165, 1.54) is 0 Å². The van der Waals surface area contributed by atoms with Crippen molar-refractivity contribution in [1.82, 2.24) is 4.90 Å². The van der Waals surface area contributed by atoms with Crippen LogP contribution in [0.4, 0.5) is 5.69 Å². The van der Waals surface area contributed by atoms with Crippen molar-refractivity contribution in [1.29, 1.82) is 0 Å². The van der Waals surface area contributed by atoms with Crippen LogP contribution in [0.25, 0.3) is 0 Å². The molecule has 0 spiro atoms. The number of ether oxygens (including phenoxy) is 1. The van der Waals surface area contributed by atoms with Crippen molar-refractivity contribution in [2.24, 2.45) is 0 Å². The Bertz CT molecular complexity index is 792. The third-order valence-electron chi connectivity index (χ3n) is 4.83. The predicted octanol–water partition coefficient (Wildman–Crippen LogP) is 3.00. The van der Waals surface area contributed by atoms with E-state index in [1.807, 2.05) is 37.3 Å². The fourth-order valence-corrected chi connectivity index (χ4v) is 3.47. The van der Waals surface area contributed by atoms with Crippen LogP contribution < -0.4 is 5.32 Å². The molecule has 1 aliphatic heterocycles. The van der Waals surface area contributed by atoms with Crippen LogP contribution in [-0.2, 0) is 9.53 Å². The quantitative estimate of drug-likeness (QED) is 0.805. The van der Waals surface area contributed by atoms with E-state index in [2.05, 4.69) is 5.32 Å². The Labute approximate surface area is 165 Å². The number of nitrogens with zero attached hydrogens (tertiary/aromatic N) is 1. The van der Waals surface area contributed by atoms with Crippen molar-refractivity contribution in [2.45, 2.75) is 31.9 Å². The summed E-state index contributed by atoms with van der Waals surface area (Å²) in [5.41, 5.74) is 2.14. The van der Waals surface area contributed by atoms with Gasteiger partial charge in [0, 0.05) is 24.2 Å². The maximum absolute atomic E-state index is 13.2. The summed E-state index contributed by atoms with van der Waals surface area (Å²) in [7, 11) is 0. The van der Waals surface area contributed by atoms with Crippen LogP contribution in [0.15, 0.2) is 54.6 Å². The van der Waals surface area contributed by atoms with Gasteiger partial charge in [0.15, 0.2) is 0 Å². The molecule has 2 N–H and O–H groups in total. The molecule has 2 amide bonds. The third kappa shape index (κ3) is 4.58. The minimum absolute atomic E-state index is 0.0373. The molecule has 2 aromatic carbocycles. The number of rotatable bonds is 6. The van der Waals surface area contributed by atoms with Gasteiger partial charge in [-0.3, -0.25) is 9.59 Å². The summed E-state index contributed by atoms with van der Waals surface area (Å²) in [5.74, 6) is -0.160. The Morgan fingerprint density at radius 1 is 1.14 bits per heavy atom. The molecule has 28 heavy (non-hydrogen) atoms. The number of aliphatic hydroxyl groups excluding tert-OH is 1. The molecule has 1 heterocycles. The summed E-state index contributed by atoms with van der Waals surface area (Å²) < 4.78 is 5.70. The maximum Gasteiger partial charge on any atom is 0.254 e. The van der Waals surface area contributed by atoms with Gasteiger partial charge in [0.1, 0.15) is 6.10 Å². The van der Waals surface area contributed by atoms with Gasteiger partial charge in [-0.2, -0.15) is 0 Å². The van der Waals surface area contributed by atoms with Gasteiger partial charge in [0.2, 0.25) is 5.91 Å². The molecular weight excluding hydrogens is 356 g/mol. The van der Waals surface area contributed by atoms with E-state index in [0.717, 1.165) is 12.0 Å². The highest BCUT2D eigenvalue weighted by atomic mass is 16.5. The largest absolute Gasteiger partial charge is 0.394 e. The van der Waals surface area contributed by atoms with Crippen molar-refractivity contribution in [2.75, 3.05) is 25.1 Å². The average molecular weight is 382 g/mol. The number of hydrogen-bond acceptors (Lipinski definition) is 4. The Hall–Kier alpha value is -2.70. The summed E-state index contributed by atoms with van der Waals surface area (Å²) in [5, 5.41) is 12.6. The van der Waals surface area contributed by atoms with E-state index in [9.17, 15) is 14.7 Å². The van der Waals surface area contributed by atoms with Crippen molar-refractivity contribution >= 4 is 17.5 Å². The van der Waals surface area contributed by atoms with Crippen LogP contribution in [0.1, 0.15) is 41.7 Å². The van der Waals surface area contributed by atoms with Gasteiger partial charge in [-0.05, 0) is 36.2 Å². The van der Waals surface area contributed by atoms with E-state index in [0.29, 0.717) is 30.8 Å². The van der Waals surface area contributed by atoms with Crippen LogP contribution in [0, 0.1) is 0 Å². The predicted molar refractivity (Wildman–Crippen MR) is 107 cm³/mol. The van der Waals surface area contributed by atoms with Crippen LogP contribution in [-0.4, -0.2) is 47.7 Å². The van der Waals surface area contributed by atoms with E-state index < -0.39 is 6.10 Å². The molecule has 6 heteroatoms. The number of aliphatic hydroxyl groups is 1.